The molecule has 2 aliphatic heterocycles. The van der Waals surface area contributed by atoms with E-state index in [0.29, 0.717) is 5.91 Å². The molecule has 0 aliphatic carbocycles. The van der Waals surface area contributed by atoms with E-state index in [4.69, 9.17) is 4.99 Å². The van der Waals surface area contributed by atoms with Crippen LogP contribution in [0.5, 0.6) is 0 Å². The van der Waals surface area contributed by atoms with Crippen LogP contribution < -0.4 is 5.32 Å². The molecule has 2 atom stereocenters. The molecule has 2 fully saturated rings. The highest BCUT2D eigenvalue weighted by atomic mass is 16.2. The van der Waals surface area contributed by atoms with Crippen molar-refractivity contribution < 1.29 is 4.79 Å². The van der Waals surface area contributed by atoms with Gasteiger partial charge >= 0.3 is 0 Å². The van der Waals surface area contributed by atoms with Crippen molar-refractivity contribution in [1.82, 2.24) is 15.1 Å². The van der Waals surface area contributed by atoms with Gasteiger partial charge < -0.3 is 15.1 Å². The Labute approximate surface area is 135 Å². The van der Waals surface area contributed by atoms with Crippen LogP contribution in [0.3, 0.4) is 0 Å². The number of rotatable bonds is 5. The van der Waals surface area contributed by atoms with E-state index < -0.39 is 0 Å². The fraction of sp³-hybridized carbons (Fsp3) is 0.882. The average Bonchev–Trinajstić information content (AvgIpc) is 2.86. The van der Waals surface area contributed by atoms with Gasteiger partial charge in [-0.1, -0.05) is 13.8 Å². The predicted octanol–water partition coefficient (Wildman–Crippen LogP) is 1.94. The van der Waals surface area contributed by atoms with Crippen molar-refractivity contribution in [2.24, 2.45) is 16.8 Å². The van der Waals surface area contributed by atoms with E-state index in [1.807, 2.05) is 4.90 Å². The smallest absolute Gasteiger partial charge is 0.222 e. The molecule has 0 radical (unpaired) electrons. The van der Waals surface area contributed by atoms with Crippen molar-refractivity contribution in [3.8, 4) is 0 Å². The van der Waals surface area contributed by atoms with Crippen LogP contribution >= 0.6 is 0 Å². The maximum absolute atomic E-state index is 11.6. The summed E-state index contributed by atoms with van der Waals surface area (Å²) < 4.78 is 0. The van der Waals surface area contributed by atoms with Crippen LogP contribution in [0.1, 0.15) is 46.5 Å². The Bertz CT molecular complexity index is 386. The second-order valence-corrected chi connectivity index (χ2v) is 6.92. The van der Waals surface area contributed by atoms with Gasteiger partial charge in [0, 0.05) is 45.7 Å². The molecule has 1 N–H and O–H groups in total. The maximum Gasteiger partial charge on any atom is 0.222 e. The number of piperidine rings is 1. The van der Waals surface area contributed by atoms with Crippen molar-refractivity contribution >= 4 is 11.9 Å². The Morgan fingerprint density at radius 3 is 2.64 bits per heavy atom. The van der Waals surface area contributed by atoms with E-state index in [1.54, 1.807) is 0 Å². The summed E-state index contributed by atoms with van der Waals surface area (Å²) in [5, 5.41) is 3.43. The molecule has 126 valence electrons. The van der Waals surface area contributed by atoms with Gasteiger partial charge in [-0.2, -0.15) is 0 Å². The van der Waals surface area contributed by atoms with Gasteiger partial charge in [0.25, 0.3) is 0 Å². The number of guanidine groups is 1. The first kappa shape index (κ1) is 17.1. The third kappa shape index (κ3) is 4.89. The molecule has 22 heavy (non-hydrogen) atoms. The van der Waals surface area contributed by atoms with Crippen LogP contribution in [0.2, 0.25) is 0 Å². The van der Waals surface area contributed by atoms with Gasteiger partial charge in [0.05, 0.1) is 0 Å². The zero-order chi connectivity index (χ0) is 15.9. The van der Waals surface area contributed by atoms with Gasteiger partial charge in [-0.15, -0.1) is 0 Å². The number of aliphatic imine (C=N–C) groups is 1. The highest BCUT2D eigenvalue weighted by Crippen LogP contribution is 2.20. The number of likely N-dealkylation sites (tertiary alicyclic amines) is 2. The SMILES string of the molecule is CCNC(=NCCCN1CCCC1=O)N1CC(C)CC(C)C1. The van der Waals surface area contributed by atoms with Gasteiger partial charge in [-0.25, -0.2) is 0 Å². The molecule has 5 heteroatoms. The van der Waals surface area contributed by atoms with Crippen molar-refractivity contribution in [2.75, 3.05) is 39.3 Å². The molecule has 0 spiro atoms. The van der Waals surface area contributed by atoms with Crippen molar-refractivity contribution in [3.63, 3.8) is 0 Å². The molecule has 1 amide bonds. The highest BCUT2D eigenvalue weighted by molar-refractivity contribution is 5.80. The summed E-state index contributed by atoms with van der Waals surface area (Å²) in [5.41, 5.74) is 0. The first-order valence-electron chi connectivity index (χ1n) is 8.91. The standard InChI is InChI=1S/C17H32N4O/c1-4-18-17(21-12-14(2)11-15(3)13-21)19-8-6-10-20-9-5-7-16(20)22/h14-15H,4-13H2,1-3H3,(H,18,19). The Morgan fingerprint density at radius 2 is 2.05 bits per heavy atom. The minimum atomic E-state index is 0.314. The second-order valence-electron chi connectivity index (χ2n) is 6.92. The molecule has 0 aromatic rings. The van der Waals surface area contributed by atoms with Crippen molar-refractivity contribution in [3.05, 3.63) is 0 Å². The number of carbonyl (C=O) groups is 1. The molecule has 0 aromatic heterocycles. The van der Waals surface area contributed by atoms with E-state index >= 15 is 0 Å². The summed E-state index contributed by atoms with van der Waals surface area (Å²) in [6, 6.07) is 0. The van der Waals surface area contributed by atoms with Gasteiger partial charge in [0.2, 0.25) is 5.91 Å². The van der Waals surface area contributed by atoms with E-state index in [0.717, 1.165) is 76.3 Å². The highest BCUT2D eigenvalue weighted by Gasteiger charge is 2.24. The summed E-state index contributed by atoms with van der Waals surface area (Å²) in [4.78, 5) is 20.8. The first-order valence-corrected chi connectivity index (χ1v) is 8.91. The molecule has 0 bridgehead atoms. The summed E-state index contributed by atoms with van der Waals surface area (Å²) >= 11 is 0. The lowest BCUT2D eigenvalue weighted by Crippen LogP contribution is -2.48. The molecular formula is C17H32N4O. The lowest BCUT2D eigenvalue weighted by atomic mass is 9.92. The topological polar surface area (TPSA) is 47.9 Å². The van der Waals surface area contributed by atoms with Gasteiger partial charge in [-0.05, 0) is 38.0 Å². The molecular weight excluding hydrogens is 276 g/mol. The molecule has 2 unspecified atom stereocenters. The predicted molar refractivity (Wildman–Crippen MR) is 90.9 cm³/mol. The number of nitrogens with one attached hydrogen (secondary N) is 1. The fourth-order valence-electron chi connectivity index (χ4n) is 3.65. The molecule has 0 saturated carbocycles. The number of nitrogens with zero attached hydrogens (tertiary/aromatic N) is 3. The van der Waals surface area contributed by atoms with Crippen molar-refractivity contribution in [2.45, 2.75) is 46.5 Å². The number of hydrogen-bond donors (Lipinski definition) is 1. The van der Waals surface area contributed by atoms with Crippen LogP contribution in [0.4, 0.5) is 0 Å². The Morgan fingerprint density at radius 1 is 1.32 bits per heavy atom. The first-order chi connectivity index (χ1) is 10.6. The minimum absolute atomic E-state index is 0.314. The molecule has 2 heterocycles. The molecule has 2 saturated heterocycles. The van der Waals surface area contributed by atoms with Crippen LogP contribution in [-0.4, -0.2) is 60.9 Å². The zero-order valence-corrected chi connectivity index (χ0v) is 14.5. The number of amides is 1. The molecule has 2 rings (SSSR count). The number of hydrogen-bond acceptors (Lipinski definition) is 2. The van der Waals surface area contributed by atoms with Crippen LogP contribution in [0.25, 0.3) is 0 Å². The fourth-order valence-corrected chi connectivity index (χ4v) is 3.65. The van der Waals surface area contributed by atoms with E-state index in [-0.39, 0.29) is 0 Å². The Kier molecular flexibility index (Phi) is 6.52. The lowest BCUT2D eigenvalue weighted by molar-refractivity contribution is -0.127. The molecule has 0 aromatic carbocycles. The lowest BCUT2D eigenvalue weighted by Gasteiger charge is -2.37. The summed E-state index contributed by atoms with van der Waals surface area (Å²) in [6.07, 6.45) is 4.02. The second kappa shape index (κ2) is 8.39. The third-order valence-corrected chi connectivity index (χ3v) is 4.52. The third-order valence-electron chi connectivity index (χ3n) is 4.52. The van der Waals surface area contributed by atoms with Crippen molar-refractivity contribution in [1.29, 1.82) is 0 Å². The summed E-state index contributed by atoms with van der Waals surface area (Å²) in [5.74, 6) is 2.83. The van der Waals surface area contributed by atoms with Gasteiger partial charge in [0.1, 0.15) is 0 Å². The number of carbonyl (C=O) groups excluding carboxylic acids is 1. The largest absolute Gasteiger partial charge is 0.357 e. The van der Waals surface area contributed by atoms with Crippen LogP contribution in [0, 0.1) is 11.8 Å². The summed E-state index contributed by atoms with van der Waals surface area (Å²) in [7, 11) is 0. The quantitative estimate of drug-likeness (QED) is 0.480. The Balaban J connectivity index is 1.82. The molecule has 5 nitrogen and oxygen atoms in total. The van der Waals surface area contributed by atoms with E-state index in [1.165, 1.54) is 6.42 Å². The van der Waals surface area contributed by atoms with Gasteiger partial charge in [-0.3, -0.25) is 9.79 Å². The average molecular weight is 308 g/mol. The monoisotopic (exact) mass is 308 g/mol. The van der Waals surface area contributed by atoms with Gasteiger partial charge in [0.15, 0.2) is 5.96 Å². The zero-order valence-electron chi connectivity index (χ0n) is 14.5. The minimum Gasteiger partial charge on any atom is -0.357 e. The Hall–Kier alpha value is -1.26. The van der Waals surface area contributed by atoms with Crippen LogP contribution in [0.15, 0.2) is 4.99 Å². The van der Waals surface area contributed by atoms with E-state index in [9.17, 15) is 4.79 Å². The normalized spacial score (nSPS) is 26.7. The van der Waals surface area contributed by atoms with E-state index in [2.05, 4.69) is 31.0 Å². The maximum atomic E-state index is 11.6. The summed E-state index contributed by atoms with van der Waals surface area (Å²) in [6.45, 7) is 12.5. The molecule has 2 aliphatic rings. The van der Waals surface area contributed by atoms with Crippen LogP contribution in [-0.2, 0) is 4.79 Å².